The summed E-state index contributed by atoms with van der Waals surface area (Å²) in [6.07, 6.45) is 3.67. The van der Waals surface area contributed by atoms with Crippen molar-refractivity contribution in [3.63, 3.8) is 0 Å². The molecular weight excluding hydrogens is 498 g/mol. The average Bonchev–Trinajstić information content (AvgIpc) is 2.62. The molecule has 0 bridgehead atoms. The van der Waals surface area contributed by atoms with Gasteiger partial charge in [0.2, 0.25) is 5.56 Å². The van der Waals surface area contributed by atoms with E-state index in [1.807, 2.05) is 31.3 Å². The van der Waals surface area contributed by atoms with E-state index in [2.05, 4.69) is 15.6 Å². The predicted octanol–water partition coefficient (Wildman–Crippen LogP) is 4.31. The highest BCUT2D eigenvalue weighted by Gasteiger charge is 2.02. The van der Waals surface area contributed by atoms with Gasteiger partial charge < -0.3 is 15.2 Å². The number of hydrogen-bond acceptors (Lipinski definition) is 2. The standard InChI is InChI=1S/C19H24Cl2N4O.HI/c1-2-22-19(24-14-15-8-9-16(20)13-17(15)21)23-10-4-6-12-25-11-5-3-7-18(25)26;/h3,5,7-9,11,13H,2,4,6,10,12,14H2,1H3,(H2,22,23,24);1H. The molecule has 1 aromatic carbocycles. The number of unbranched alkanes of at least 4 members (excludes halogenated alkanes) is 1. The highest BCUT2D eigenvalue weighted by molar-refractivity contribution is 14.0. The molecule has 1 aromatic heterocycles. The summed E-state index contributed by atoms with van der Waals surface area (Å²) in [6.45, 7) is 4.77. The summed E-state index contributed by atoms with van der Waals surface area (Å²) >= 11 is 12.1. The van der Waals surface area contributed by atoms with E-state index in [0.717, 1.165) is 44.0 Å². The summed E-state index contributed by atoms with van der Waals surface area (Å²) in [5, 5.41) is 7.75. The molecule has 1 heterocycles. The number of aryl methyl sites for hydroxylation is 1. The molecule has 0 saturated heterocycles. The zero-order valence-corrected chi connectivity index (χ0v) is 19.1. The van der Waals surface area contributed by atoms with E-state index in [1.165, 1.54) is 0 Å². The first-order valence-electron chi connectivity index (χ1n) is 8.71. The number of guanidine groups is 1. The second-order valence-corrected chi connectivity index (χ2v) is 6.64. The van der Waals surface area contributed by atoms with E-state index in [4.69, 9.17) is 23.2 Å². The largest absolute Gasteiger partial charge is 0.357 e. The van der Waals surface area contributed by atoms with Crippen LogP contribution in [0.4, 0.5) is 0 Å². The Kier molecular flexibility index (Phi) is 11.5. The van der Waals surface area contributed by atoms with Crippen molar-refractivity contribution in [1.29, 1.82) is 0 Å². The Hall–Kier alpha value is -1.25. The molecule has 27 heavy (non-hydrogen) atoms. The molecule has 0 atom stereocenters. The molecule has 5 nitrogen and oxygen atoms in total. The van der Waals surface area contributed by atoms with E-state index in [-0.39, 0.29) is 29.5 Å². The quantitative estimate of drug-likeness (QED) is 0.235. The zero-order valence-electron chi connectivity index (χ0n) is 15.3. The minimum Gasteiger partial charge on any atom is -0.357 e. The minimum absolute atomic E-state index is 0. The van der Waals surface area contributed by atoms with Gasteiger partial charge in [0.1, 0.15) is 0 Å². The van der Waals surface area contributed by atoms with Gasteiger partial charge in [-0.3, -0.25) is 4.79 Å². The van der Waals surface area contributed by atoms with Gasteiger partial charge in [-0.15, -0.1) is 24.0 Å². The van der Waals surface area contributed by atoms with Crippen molar-refractivity contribution in [2.45, 2.75) is 32.9 Å². The van der Waals surface area contributed by atoms with Crippen LogP contribution >= 0.6 is 47.2 Å². The van der Waals surface area contributed by atoms with Gasteiger partial charge in [-0.2, -0.15) is 0 Å². The van der Waals surface area contributed by atoms with Crippen molar-refractivity contribution in [3.05, 3.63) is 68.6 Å². The lowest BCUT2D eigenvalue weighted by Gasteiger charge is -2.12. The maximum Gasteiger partial charge on any atom is 0.250 e. The zero-order chi connectivity index (χ0) is 18.8. The van der Waals surface area contributed by atoms with Crippen LogP contribution in [0.15, 0.2) is 52.4 Å². The topological polar surface area (TPSA) is 58.4 Å². The van der Waals surface area contributed by atoms with Crippen LogP contribution in [0.1, 0.15) is 25.3 Å². The second-order valence-electron chi connectivity index (χ2n) is 5.80. The van der Waals surface area contributed by atoms with Crippen molar-refractivity contribution in [2.75, 3.05) is 13.1 Å². The molecular formula is C19H25Cl2IN4O. The van der Waals surface area contributed by atoms with Crippen molar-refractivity contribution in [2.24, 2.45) is 4.99 Å². The van der Waals surface area contributed by atoms with Gasteiger partial charge in [0, 0.05) is 41.9 Å². The first-order chi connectivity index (χ1) is 12.6. The number of aliphatic imine (C=N–C) groups is 1. The van der Waals surface area contributed by atoms with Crippen LogP contribution in [-0.2, 0) is 13.1 Å². The van der Waals surface area contributed by atoms with Crippen LogP contribution in [0, 0.1) is 0 Å². The summed E-state index contributed by atoms with van der Waals surface area (Å²) in [5.41, 5.74) is 0.965. The molecule has 2 rings (SSSR count). The molecule has 2 N–H and O–H groups in total. The summed E-state index contributed by atoms with van der Waals surface area (Å²) in [7, 11) is 0. The lowest BCUT2D eigenvalue weighted by Crippen LogP contribution is -2.37. The number of aromatic nitrogens is 1. The highest BCUT2D eigenvalue weighted by atomic mass is 127. The summed E-state index contributed by atoms with van der Waals surface area (Å²) < 4.78 is 1.72. The number of nitrogens with one attached hydrogen (secondary N) is 2. The molecule has 0 amide bonds. The highest BCUT2D eigenvalue weighted by Crippen LogP contribution is 2.21. The summed E-state index contributed by atoms with van der Waals surface area (Å²) in [5.74, 6) is 0.746. The fourth-order valence-electron chi connectivity index (χ4n) is 2.42. The van der Waals surface area contributed by atoms with Crippen LogP contribution in [0.5, 0.6) is 0 Å². The first-order valence-corrected chi connectivity index (χ1v) is 9.47. The van der Waals surface area contributed by atoms with Crippen LogP contribution in [-0.4, -0.2) is 23.6 Å². The number of rotatable bonds is 8. The van der Waals surface area contributed by atoms with Crippen LogP contribution < -0.4 is 16.2 Å². The fraction of sp³-hybridized carbons (Fsp3) is 0.368. The molecule has 0 unspecified atom stereocenters. The number of pyridine rings is 1. The lowest BCUT2D eigenvalue weighted by atomic mass is 10.2. The number of benzene rings is 1. The number of nitrogens with zero attached hydrogens (tertiary/aromatic N) is 2. The second kappa shape index (κ2) is 13.0. The minimum atomic E-state index is 0. The Balaban J connectivity index is 0.00000364. The SMILES string of the molecule is CCNC(=NCc1ccc(Cl)cc1Cl)NCCCCn1ccccc1=O.I. The lowest BCUT2D eigenvalue weighted by molar-refractivity contribution is 0.585. The Morgan fingerprint density at radius 2 is 1.96 bits per heavy atom. The summed E-state index contributed by atoms with van der Waals surface area (Å²) in [6, 6.07) is 10.6. The van der Waals surface area contributed by atoms with Gasteiger partial charge >= 0.3 is 0 Å². The predicted molar refractivity (Wildman–Crippen MR) is 125 cm³/mol. The average molecular weight is 523 g/mol. The molecule has 0 aliphatic carbocycles. The third kappa shape index (κ3) is 8.53. The first kappa shape index (κ1) is 23.8. The third-order valence-corrected chi connectivity index (χ3v) is 4.37. The maximum atomic E-state index is 11.6. The molecule has 0 spiro atoms. The third-order valence-electron chi connectivity index (χ3n) is 3.78. The normalized spacial score (nSPS) is 11.0. The van der Waals surface area contributed by atoms with Gasteiger partial charge in [0.05, 0.1) is 6.54 Å². The van der Waals surface area contributed by atoms with Crippen molar-refractivity contribution < 1.29 is 0 Å². The van der Waals surface area contributed by atoms with E-state index in [0.29, 0.717) is 16.6 Å². The Morgan fingerprint density at radius 3 is 2.67 bits per heavy atom. The van der Waals surface area contributed by atoms with Crippen LogP contribution in [0.2, 0.25) is 10.0 Å². The van der Waals surface area contributed by atoms with Gasteiger partial charge in [0.25, 0.3) is 0 Å². The monoisotopic (exact) mass is 522 g/mol. The van der Waals surface area contributed by atoms with E-state index < -0.39 is 0 Å². The molecule has 0 fully saturated rings. The Morgan fingerprint density at radius 1 is 1.15 bits per heavy atom. The smallest absolute Gasteiger partial charge is 0.250 e. The maximum absolute atomic E-state index is 11.6. The molecule has 8 heteroatoms. The van der Waals surface area contributed by atoms with E-state index in [1.54, 1.807) is 22.8 Å². The van der Waals surface area contributed by atoms with Crippen molar-refractivity contribution in [1.82, 2.24) is 15.2 Å². The molecule has 2 aromatic rings. The van der Waals surface area contributed by atoms with E-state index in [9.17, 15) is 4.79 Å². The van der Waals surface area contributed by atoms with Gasteiger partial charge in [0.15, 0.2) is 5.96 Å². The van der Waals surface area contributed by atoms with Crippen molar-refractivity contribution >= 4 is 53.1 Å². The number of halogens is 3. The Labute approximate surface area is 187 Å². The van der Waals surface area contributed by atoms with Crippen LogP contribution in [0.25, 0.3) is 0 Å². The molecule has 0 saturated carbocycles. The molecule has 0 aliphatic heterocycles. The van der Waals surface area contributed by atoms with E-state index >= 15 is 0 Å². The van der Waals surface area contributed by atoms with Gasteiger partial charge in [-0.1, -0.05) is 35.3 Å². The van der Waals surface area contributed by atoms with Gasteiger partial charge in [-0.05, 0) is 43.5 Å². The Bertz CT molecular complexity index is 795. The van der Waals surface area contributed by atoms with Crippen molar-refractivity contribution in [3.8, 4) is 0 Å². The van der Waals surface area contributed by atoms with Crippen LogP contribution in [0.3, 0.4) is 0 Å². The number of hydrogen-bond donors (Lipinski definition) is 2. The fourth-order valence-corrected chi connectivity index (χ4v) is 2.88. The molecule has 0 radical (unpaired) electrons. The molecule has 148 valence electrons. The summed E-state index contributed by atoms with van der Waals surface area (Å²) in [4.78, 5) is 16.2. The molecule has 0 aliphatic rings. The van der Waals surface area contributed by atoms with Gasteiger partial charge in [-0.25, -0.2) is 4.99 Å².